The highest BCUT2D eigenvalue weighted by atomic mass is 16.3. The molecule has 2 N–H and O–H groups in total. The summed E-state index contributed by atoms with van der Waals surface area (Å²) < 4.78 is 0. The van der Waals surface area contributed by atoms with Gasteiger partial charge in [-0.05, 0) is 25.0 Å². The molecule has 0 saturated carbocycles. The molecule has 0 atom stereocenters. The normalized spacial score (nSPS) is 20.0. The number of anilines is 1. The summed E-state index contributed by atoms with van der Waals surface area (Å²) >= 11 is 0. The number of rotatable bonds is 3. The highest BCUT2D eigenvalue weighted by molar-refractivity contribution is 5.77. The first-order valence-electron chi connectivity index (χ1n) is 7.88. The summed E-state index contributed by atoms with van der Waals surface area (Å²) in [6, 6.07) is 7.47. The zero-order valence-corrected chi connectivity index (χ0v) is 12.4. The summed E-state index contributed by atoms with van der Waals surface area (Å²) in [5.41, 5.74) is 0.905. The van der Waals surface area contributed by atoms with E-state index in [9.17, 15) is 9.90 Å². The molecule has 3 rings (SSSR count). The van der Waals surface area contributed by atoms with Crippen LogP contribution >= 0.6 is 0 Å². The quantitative estimate of drug-likeness (QED) is 0.805. The van der Waals surface area contributed by atoms with Gasteiger partial charge in [0.2, 0.25) is 0 Å². The topological polar surface area (TPSA) is 48.2 Å². The maximum atomic E-state index is 12.2. The molecule has 2 aliphatic heterocycles. The van der Waals surface area contributed by atoms with E-state index in [1.807, 2.05) is 23.1 Å². The Morgan fingerprint density at radius 2 is 1.76 bits per heavy atom. The molecule has 0 radical (unpaired) electrons. The first-order chi connectivity index (χ1) is 10.2. The third-order valence-electron chi connectivity index (χ3n) is 4.55. The minimum Gasteiger partial charge on any atom is -0.506 e. The molecule has 2 aliphatic rings. The Morgan fingerprint density at radius 1 is 1.10 bits per heavy atom. The molecular weight excluding hydrogens is 266 g/mol. The van der Waals surface area contributed by atoms with Gasteiger partial charge >= 0.3 is 0 Å². The third kappa shape index (κ3) is 3.29. The van der Waals surface area contributed by atoms with Crippen molar-refractivity contribution >= 4 is 11.6 Å². The molecule has 0 aliphatic carbocycles. The van der Waals surface area contributed by atoms with Crippen molar-refractivity contribution in [1.82, 2.24) is 4.90 Å². The Morgan fingerprint density at radius 3 is 2.43 bits per heavy atom. The van der Waals surface area contributed by atoms with Crippen LogP contribution in [0.1, 0.15) is 12.8 Å². The summed E-state index contributed by atoms with van der Waals surface area (Å²) in [7, 11) is 0. The Labute approximate surface area is 125 Å². The Balaban J connectivity index is 1.51. The van der Waals surface area contributed by atoms with E-state index in [1.165, 1.54) is 4.90 Å². The first kappa shape index (κ1) is 14.2. The molecule has 114 valence electrons. The van der Waals surface area contributed by atoms with Gasteiger partial charge in [-0.1, -0.05) is 12.1 Å². The molecule has 2 fully saturated rings. The number of amides is 1. The van der Waals surface area contributed by atoms with Gasteiger partial charge in [-0.15, -0.1) is 0 Å². The summed E-state index contributed by atoms with van der Waals surface area (Å²) in [5, 5.41) is 9.91. The van der Waals surface area contributed by atoms with E-state index in [-0.39, 0.29) is 0 Å². The number of likely N-dealkylation sites (tertiary alicyclic amines) is 1. The minimum absolute atomic E-state index is 0.304. The summed E-state index contributed by atoms with van der Waals surface area (Å²) in [6.45, 7) is 6.18. The summed E-state index contributed by atoms with van der Waals surface area (Å²) in [5.74, 6) is 0.646. The van der Waals surface area contributed by atoms with Gasteiger partial charge in [0, 0.05) is 13.1 Å². The molecule has 1 aromatic carbocycles. The van der Waals surface area contributed by atoms with Crippen molar-refractivity contribution in [3.05, 3.63) is 24.3 Å². The number of phenolic OH excluding ortho intramolecular Hbond substituents is 1. The lowest BCUT2D eigenvalue weighted by Gasteiger charge is -2.34. The number of quaternary nitrogens is 1. The number of benzene rings is 1. The number of nitrogens with one attached hydrogen (secondary N) is 1. The number of piperazine rings is 1. The fraction of sp³-hybridized carbons (Fsp3) is 0.562. The Kier molecular flexibility index (Phi) is 4.29. The zero-order valence-electron chi connectivity index (χ0n) is 12.4. The standard InChI is InChI=1S/C16H23N3O2/c20-15-6-2-1-5-14(15)18-11-9-17(10-12-18)13-16(21)19-7-3-4-8-19/h1-2,5-6,20H,3-4,7-13H2/p+1. The van der Waals surface area contributed by atoms with Crippen molar-refractivity contribution in [3.8, 4) is 5.75 Å². The van der Waals surface area contributed by atoms with Crippen molar-refractivity contribution in [3.63, 3.8) is 0 Å². The molecule has 0 bridgehead atoms. The lowest BCUT2D eigenvalue weighted by molar-refractivity contribution is -0.892. The van der Waals surface area contributed by atoms with Gasteiger partial charge in [0.1, 0.15) is 5.75 Å². The van der Waals surface area contributed by atoms with E-state index in [0.717, 1.165) is 57.8 Å². The molecule has 0 unspecified atom stereocenters. The van der Waals surface area contributed by atoms with E-state index < -0.39 is 0 Å². The molecule has 0 spiro atoms. The fourth-order valence-electron chi connectivity index (χ4n) is 3.26. The van der Waals surface area contributed by atoms with Crippen LogP contribution in [0.3, 0.4) is 0 Å². The fourth-order valence-corrected chi connectivity index (χ4v) is 3.26. The van der Waals surface area contributed by atoms with Crippen LogP contribution in [-0.2, 0) is 4.79 Å². The maximum Gasteiger partial charge on any atom is 0.277 e. The number of para-hydroxylation sites is 2. The first-order valence-corrected chi connectivity index (χ1v) is 7.88. The van der Waals surface area contributed by atoms with Crippen LogP contribution in [0.15, 0.2) is 24.3 Å². The van der Waals surface area contributed by atoms with Crippen LogP contribution < -0.4 is 9.80 Å². The second kappa shape index (κ2) is 6.35. The molecule has 2 saturated heterocycles. The lowest BCUT2D eigenvalue weighted by Crippen LogP contribution is -3.15. The van der Waals surface area contributed by atoms with Gasteiger partial charge in [0.25, 0.3) is 5.91 Å². The van der Waals surface area contributed by atoms with Crippen LogP contribution in [0.2, 0.25) is 0 Å². The number of hydrogen-bond donors (Lipinski definition) is 2. The maximum absolute atomic E-state index is 12.2. The highest BCUT2D eigenvalue weighted by Crippen LogP contribution is 2.25. The number of nitrogens with zero attached hydrogens (tertiary/aromatic N) is 2. The lowest BCUT2D eigenvalue weighted by atomic mass is 10.2. The molecule has 5 heteroatoms. The molecule has 2 heterocycles. The van der Waals surface area contributed by atoms with Crippen LogP contribution in [0, 0.1) is 0 Å². The van der Waals surface area contributed by atoms with Crippen LogP contribution in [0.25, 0.3) is 0 Å². The minimum atomic E-state index is 0.304. The zero-order chi connectivity index (χ0) is 14.7. The molecule has 5 nitrogen and oxygen atoms in total. The SMILES string of the molecule is O=C(C[NH+]1CCN(c2ccccc2O)CC1)N1CCCC1. The van der Waals surface area contributed by atoms with Crippen molar-refractivity contribution in [2.24, 2.45) is 0 Å². The van der Waals surface area contributed by atoms with Crippen LogP contribution in [0.5, 0.6) is 5.75 Å². The third-order valence-corrected chi connectivity index (χ3v) is 4.55. The largest absolute Gasteiger partial charge is 0.506 e. The van der Waals surface area contributed by atoms with E-state index in [1.54, 1.807) is 6.07 Å². The smallest absolute Gasteiger partial charge is 0.277 e. The summed E-state index contributed by atoms with van der Waals surface area (Å²) in [6.07, 6.45) is 2.31. The van der Waals surface area contributed by atoms with Crippen molar-refractivity contribution < 1.29 is 14.8 Å². The van der Waals surface area contributed by atoms with Crippen LogP contribution in [0.4, 0.5) is 5.69 Å². The van der Waals surface area contributed by atoms with E-state index in [2.05, 4.69) is 4.90 Å². The number of carbonyl (C=O) groups is 1. The van der Waals surface area contributed by atoms with Crippen molar-refractivity contribution in [2.45, 2.75) is 12.8 Å². The number of carbonyl (C=O) groups excluding carboxylic acids is 1. The van der Waals surface area contributed by atoms with Gasteiger partial charge in [-0.3, -0.25) is 4.79 Å². The van der Waals surface area contributed by atoms with E-state index in [0.29, 0.717) is 18.2 Å². The average molecular weight is 290 g/mol. The highest BCUT2D eigenvalue weighted by Gasteiger charge is 2.26. The van der Waals surface area contributed by atoms with Crippen molar-refractivity contribution in [2.75, 3.05) is 50.7 Å². The average Bonchev–Trinajstić information content (AvgIpc) is 3.03. The molecule has 0 aromatic heterocycles. The predicted octanol–water partition coefficient (Wildman–Crippen LogP) is -0.280. The predicted molar refractivity (Wildman–Crippen MR) is 81.7 cm³/mol. The van der Waals surface area contributed by atoms with E-state index >= 15 is 0 Å². The van der Waals surface area contributed by atoms with Gasteiger partial charge in [0.15, 0.2) is 6.54 Å². The number of hydrogen-bond acceptors (Lipinski definition) is 3. The molecule has 1 amide bonds. The van der Waals surface area contributed by atoms with Crippen molar-refractivity contribution in [1.29, 1.82) is 0 Å². The van der Waals surface area contributed by atoms with Gasteiger partial charge in [0.05, 0.1) is 31.9 Å². The second-order valence-corrected chi connectivity index (χ2v) is 5.99. The monoisotopic (exact) mass is 290 g/mol. The van der Waals surface area contributed by atoms with Gasteiger partial charge in [-0.2, -0.15) is 0 Å². The number of aromatic hydroxyl groups is 1. The Hall–Kier alpha value is -1.75. The Bertz CT molecular complexity index is 492. The van der Waals surface area contributed by atoms with Crippen LogP contribution in [-0.4, -0.2) is 61.7 Å². The van der Waals surface area contributed by atoms with E-state index in [4.69, 9.17) is 0 Å². The molecular formula is C16H24N3O2+. The molecule has 1 aromatic rings. The number of phenols is 1. The second-order valence-electron chi connectivity index (χ2n) is 5.99. The van der Waals surface area contributed by atoms with Gasteiger partial charge < -0.3 is 19.8 Å². The van der Waals surface area contributed by atoms with Gasteiger partial charge in [-0.25, -0.2) is 0 Å². The molecule has 21 heavy (non-hydrogen) atoms. The summed E-state index contributed by atoms with van der Waals surface area (Å²) in [4.78, 5) is 17.7.